The average Bonchev–Trinajstić information content (AvgIpc) is 2.81. The number of hydrogen-bond acceptors (Lipinski definition) is 4. The van der Waals surface area contributed by atoms with E-state index in [1.165, 1.54) is 19.1 Å². The van der Waals surface area contributed by atoms with Gasteiger partial charge in [-0.3, -0.25) is 14.5 Å². The van der Waals surface area contributed by atoms with Crippen molar-refractivity contribution in [1.29, 1.82) is 0 Å². The Morgan fingerprint density at radius 2 is 1.78 bits per heavy atom. The van der Waals surface area contributed by atoms with Crippen molar-refractivity contribution in [1.82, 2.24) is 4.90 Å². The normalized spacial score (nSPS) is 13.3. The molecule has 0 fully saturated rings. The largest absolute Gasteiger partial charge is 0.497 e. The second kappa shape index (κ2) is 6.04. The maximum absolute atomic E-state index is 12.7. The van der Waals surface area contributed by atoms with Crippen molar-refractivity contribution in [2.75, 3.05) is 14.2 Å². The summed E-state index contributed by atoms with van der Waals surface area (Å²) in [6.07, 6.45) is 0. The Bertz CT molecular complexity index is 803. The number of fused-ring (bicyclic) bond motifs is 1. The van der Waals surface area contributed by atoms with E-state index >= 15 is 0 Å². The molecule has 0 aliphatic carbocycles. The molecule has 0 unspecified atom stereocenters. The Balaban J connectivity index is 2.02. The fraction of sp³-hybridized carbons (Fsp3) is 0.176. The smallest absolute Gasteiger partial charge is 0.265 e. The monoisotopic (exact) mass is 375 g/mol. The zero-order chi connectivity index (χ0) is 16.6. The third-order valence-corrected chi connectivity index (χ3v) is 4.53. The average molecular weight is 376 g/mol. The van der Waals surface area contributed by atoms with Gasteiger partial charge in [-0.15, -0.1) is 0 Å². The van der Waals surface area contributed by atoms with E-state index in [0.717, 1.165) is 10.0 Å². The minimum Gasteiger partial charge on any atom is -0.497 e. The van der Waals surface area contributed by atoms with Crippen LogP contribution in [0.3, 0.4) is 0 Å². The van der Waals surface area contributed by atoms with E-state index in [2.05, 4.69) is 15.9 Å². The summed E-state index contributed by atoms with van der Waals surface area (Å²) in [4.78, 5) is 26.5. The number of ether oxygens (including phenoxy) is 2. The van der Waals surface area contributed by atoms with Crippen LogP contribution in [0.4, 0.5) is 0 Å². The van der Waals surface area contributed by atoms with Crippen molar-refractivity contribution in [2.45, 2.75) is 6.54 Å². The summed E-state index contributed by atoms with van der Waals surface area (Å²) in [5, 5.41) is 0. The third-order valence-electron chi connectivity index (χ3n) is 3.75. The fourth-order valence-electron chi connectivity index (χ4n) is 2.57. The van der Waals surface area contributed by atoms with Crippen LogP contribution in [0.25, 0.3) is 0 Å². The molecule has 1 aliphatic heterocycles. The van der Waals surface area contributed by atoms with E-state index in [1.807, 2.05) is 24.3 Å². The van der Waals surface area contributed by atoms with E-state index in [9.17, 15) is 9.59 Å². The number of amides is 2. The second-order valence-electron chi connectivity index (χ2n) is 5.04. The first-order valence-corrected chi connectivity index (χ1v) is 7.71. The molecule has 0 radical (unpaired) electrons. The highest BCUT2D eigenvalue weighted by Crippen LogP contribution is 2.36. The van der Waals surface area contributed by atoms with Crippen LogP contribution in [0.1, 0.15) is 26.3 Å². The van der Waals surface area contributed by atoms with Gasteiger partial charge in [-0.1, -0.05) is 34.1 Å². The van der Waals surface area contributed by atoms with Gasteiger partial charge in [0.05, 0.1) is 31.9 Å². The summed E-state index contributed by atoms with van der Waals surface area (Å²) in [6, 6.07) is 10.7. The zero-order valence-electron chi connectivity index (χ0n) is 12.6. The number of benzene rings is 2. The molecule has 2 aromatic rings. The lowest BCUT2D eigenvalue weighted by Crippen LogP contribution is -2.29. The Labute approximate surface area is 141 Å². The summed E-state index contributed by atoms with van der Waals surface area (Å²) >= 11 is 3.44. The first-order valence-electron chi connectivity index (χ1n) is 6.92. The quantitative estimate of drug-likeness (QED) is 0.769. The number of methoxy groups -OCH3 is 2. The zero-order valence-corrected chi connectivity index (χ0v) is 14.2. The summed E-state index contributed by atoms with van der Waals surface area (Å²) in [7, 11) is 2.96. The van der Waals surface area contributed by atoms with E-state index in [4.69, 9.17) is 9.47 Å². The Morgan fingerprint density at radius 3 is 2.43 bits per heavy atom. The van der Waals surface area contributed by atoms with Gasteiger partial charge in [0.1, 0.15) is 11.5 Å². The maximum Gasteiger partial charge on any atom is 0.265 e. The van der Waals surface area contributed by atoms with E-state index < -0.39 is 0 Å². The molecule has 1 heterocycles. The molecule has 0 atom stereocenters. The number of hydrogen-bond donors (Lipinski definition) is 0. The standard InChI is InChI=1S/C17H14BrNO4/c1-22-11-7-12-15(14(8-11)23-2)17(21)19(16(12)20)9-10-5-3-4-6-13(10)18/h3-8H,9H2,1-2H3. The summed E-state index contributed by atoms with van der Waals surface area (Å²) in [6.45, 7) is 0.194. The van der Waals surface area contributed by atoms with Crippen molar-refractivity contribution >= 4 is 27.7 Å². The van der Waals surface area contributed by atoms with Gasteiger partial charge in [0.2, 0.25) is 0 Å². The minimum absolute atomic E-state index is 0.194. The number of imide groups is 1. The third kappa shape index (κ3) is 2.59. The Hall–Kier alpha value is -2.34. The molecule has 3 rings (SSSR count). The molecule has 118 valence electrons. The molecule has 23 heavy (non-hydrogen) atoms. The molecule has 1 aliphatic rings. The van der Waals surface area contributed by atoms with Crippen molar-refractivity contribution in [3.63, 3.8) is 0 Å². The van der Waals surface area contributed by atoms with E-state index in [-0.39, 0.29) is 23.9 Å². The first kappa shape index (κ1) is 15.6. The molecular weight excluding hydrogens is 362 g/mol. The van der Waals surface area contributed by atoms with Gasteiger partial charge in [0.15, 0.2) is 0 Å². The van der Waals surface area contributed by atoms with Crippen molar-refractivity contribution in [3.05, 3.63) is 57.6 Å². The highest BCUT2D eigenvalue weighted by atomic mass is 79.9. The van der Waals surface area contributed by atoms with Crippen LogP contribution in [0, 0.1) is 0 Å². The first-order chi connectivity index (χ1) is 11.1. The molecule has 0 saturated carbocycles. The van der Waals surface area contributed by atoms with E-state index in [0.29, 0.717) is 17.1 Å². The number of carbonyl (C=O) groups is 2. The predicted octanol–water partition coefficient (Wildman–Crippen LogP) is 3.26. The van der Waals surface area contributed by atoms with Gasteiger partial charge in [-0.25, -0.2) is 0 Å². The van der Waals surface area contributed by atoms with Gasteiger partial charge >= 0.3 is 0 Å². The van der Waals surface area contributed by atoms with Gasteiger partial charge in [0.25, 0.3) is 11.8 Å². The van der Waals surface area contributed by atoms with Crippen molar-refractivity contribution < 1.29 is 19.1 Å². The molecule has 6 heteroatoms. The van der Waals surface area contributed by atoms with Crippen LogP contribution in [-0.2, 0) is 6.54 Å². The van der Waals surface area contributed by atoms with Gasteiger partial charge in [-0.2, -0.15) is 0 Å². The number of carbonyl (C=O) groups excluding carboxylic acids is 2. The molecule has 0 saturated heterocycles. The van der Waals surface area contributed by atoms with Crippen LogP contribution in [0.2, 0.25) is 0 Å². The number of halogens is 1. The number of nitrogens with zero attached hydrogens (tertiary/aromatic N) is 1. The van der Waals surface area contributed by atoms with Gasteiger partial charge in [0, 0.05) is 10.5 Å². The predicted molar refractivity (Wildman–Crippen MR) is 87.9 cm³/mol. The molecule has 0 spiro atoms. The molecule has 0 bridgehead atoms. The van der Waals surface area contributed by atoms with E-state index in [1.54, 1.807) is 12.1 Å². The van der Waals surface area contributed by atoms with Crippen LogP contribution in [0.15, 0.2) is 40.9 Å². The van der Waals surface area contributed by atoms with Crippen LogP contribution in [0.5, 0.6) is 11.5 Å². The molecule has 0 aromatic heterocycles. The summed E-state index contributed by atoms with van der Waals surface area (Å²) in [5.41, 5.74) is 1.44. The molecule has 5 nitrogen and oxygen atoms in total. The Kier molecular flexibility index (Phi) is 4.09. The van der Waals surface area contributed by atoms with Crippen LogP contribution < -0.4 is 9.47 Å². The van der Waals surface area contributed by atoms with Crippen LogP contribution in [-0.4, -0.2) is 30.9 Å². The minimum atomic E-state index is -0.361. The highest BCUT2D eigenvalue weighted by molar-refractivity contribution is 9.10. The lowest BCUT2D eigenvalue weighted by atomic mass is 10.1. The molecule has 0 N–H and O–H groups in total. The SMILES string of the molecule is COc1cc(OC)c2c(c1)C(=O)N(Cc1ccccc1Br)C2=O. The van der Waals surface area contributed by atoms with Crippen molar-refractivity contribution in [3.8, 4) is 11.5 Å². The van der Waals surface area contributed by atoms with Gasteiger partial charge < -0.3 is 9.47 Å². The molecular formula is C17H14BrNO4. The molecule has 2 amide bonds. The number of rotatable bonds is 4. The Morgan fingerprint density at radius 1 is 1.04 bits per heavy atom. The maximum atomic E-state index is 12.7. The van der Waals surface area contributed by atoms with Crippen LogP contribution >= 0.6 is 15.9 Å². The lowest BCUT2D eigenvalue weighted by molar-refractivity contribution is 0.0641. The topological polar surface area (TPSA) is 55.8 Å². The second-order valence-corrected chi connectivity index (χ2v) is 5.89. The summed E-state index contributed by atoms with van der Waals surface area (Å²) < 4.78 is 11.3. The lowest BCUT2D eigenvalue weighted by Gasteiger charge is -2.15. The fourth-order valence-corrected chi connectivity index (χ4v) is 2.98. The van der Waals surface area contributed by atoms with Crippen molar-refractivity contribution in [2.24, 2.45) is 0 Å². The molecule has 2 aromatic carbocycles. The highest BCUT2D eigenvalue weighted by Gasteiger charge is 2.39. The summed E-state index contributed by atoms with van der Waals surface area (Å²) in [5.74, 6) is 0.107. The van der Waals surface area contributed by atoms with Gasteiger partial charge in [-0.05, 0) is 17.7 Å².